The molecule has 130 valence electrons. The number of carbonyl (C=O) groups excluding carboxylic acids is 2. The van der Waals surface area contributed by atoms with Crippen LogP contribution in [0.5, 0.6) is 0 Å². The van der Waals surface area contributed by atoms with E-state index in [1.54, 1.807) is 6.08 Å². The van der Waals surface area contributed by atoms with E-state index >= 15 is 0 Å². The van der Waals surface area contributed by atoms with Crippen LogP contribution in [0.1, 0.15) is 18.4 Å². The maximum Gasteiger partial charge on any atom is 0.239 e. The molecular weight excluding hydrogens is 336 g/mol. The van der Waals surface area contributed by atoms with Gasteiger partial charge in [0.25, 0.3) is 0 Å². The fourth-order valence-corrected chi connectivity index (χ4v) is 3.63. The summed E-state index contributed by atoms with van der Waals surface area (Å²) >= 11 is 1.30. The van der Waals surface area contributed by atoms with Gasteiger partial charge in [0.05, 0.1) is 5.75 Å². The lowest BCUT2D eigenvalue weighted by atomic mass is 10.1. The zero-order valence-corrected chi connectivity index (χ0v) is 15.0. The molecule has 6 nitrogen and oxygen atoms in total. The second kappa shape index (κ2) is 7.65. The molecule has 0 spiro atoms. The van der Waals surface area contributed by atoms with Crippen molar-refractivity contribution in [2.45, 2.75) is 31.5 Å². The molecule has 1 fully saturated rings. The molecule has 25 heavy (non-hydrogen) atoms. The predicted octanol–water partition coefficient (Wildman–Crippen LogP) is 2.68. The van der Waals surface area contributed by atoms with E-state index in [4.69, 9.17) is 0 Å². The average molecular weight is 356 g/mol. The standard InChI is InChI=1S/C18H20N4O2S/c1-3-9-22-17(14-7-4-6-13(2)11-14)19-20-18(22)25-12-16(24)21-10-5-8-15(21)23/h3-4,6-7,11H,1,5,8-10,12H2,2H3. The topological polar surface area (TPSA) is 68.1 Å². The van der Waals surface area contributed by atoms with Crippen molar-refractivity contribution in [3.63, 3.8) is 0 Å². The van der Waals surface area contributed by atoms with Crippen LogP contribution < -0.4 is 0 Å². The second-order valence-corrected chi connectivity index (χ2v) is 6.85. The fraction of sp³-hybridized carbons (Fsp3) is 0.333. The van der Waals surface area contributed by atoms with Gasteiger partial charge in [-0.15, -0.1) is 16.8 Å². The molecular formula is C18H20N4O2S. The smallest absolute Gasteiger partial charge is 0.239 e. The number of aromatic nitrogens is 3. The van der Waals surface area contributed by atoms with Crippen LogP contribution in [0.3, 0.4) is 0 Å². The van der Waals surface area contributed by atoms with Gasteiger partial charge in [-0.2, -0.15) is 0 Å². The lowest BCUT2D eigenvalue weighted by molar-refractivity contribution is -0.140. The zero-order valence-electron chi connectivity index (χ0n) is 14.1. The molecule has 0 unspecified atom stereocenters. The van der Waals surface area contributed by atoms with E-state index in [9.17, 15) is 9.59 Å². The van der Waals surface area contributed by atoms with Crippen molar-refractivity contribution in [3.8, 4) is 11.4 Å². The summed E-state index contributed by atoms with van der Waals surface area (Å²) in [6, 6.07) is 8.04. The highest BCUT2D eigenvalue weighted by atomic mass is 32.2. The molecule has 1 aliphatic heterocycles. The SMILES string of the molecule is C=CCn1c(SCC(=O)N2CCCC2=O)nnc1-c1cccc(C)c1. The van der Waals surface area contributed by atoms with E-state index in [0.29, 0.717) is 24.7 Å². The molecule has 1 aliphatic rings. The number of thioether (sulfide) groups is 1. The van der Waals surface area contributed by atoms with Crippen LogP contribution in [0.2, 0.25) is 0 Å². The minimum Gasteiger partial charge on any atom is -0.298 e. The van der Waals surface area contributed by atoms with E-state index in [-0.39, 0.29) is 17.6 Å². The van der Waals surface area contributed by atoms with E-state index < -0.39 is 0 Å². The third-order valence-electron chi connectivity index (χ3n) is 4.00. The molecule has 1 aromatic heterocycles. The summed E-state index contributed by atoms with van der Waals surface area (Å²) in [5.41, 5.74) is 2.12. The van der Waals surface area contributed by atoms with Crippen LogP contribution in [0, 0.1) is 6.92 Å². The lowest BCUT2D eigenvalue weighted by Gasteiger charge is -2.13. The maximum absolute atomic E-state index is 12.2. The number of nitrogens with zero attached hydrogens (tertiary/aromatic N) is 4. The number of amides is 2. The number of likely N-dealkylation sites (tertiary alicyclic amines) is 1. The summed E-state index contributed by atoms with van der Waals surface area (Å²) < 4.78 is 1.94. The zero-order chi connectivity index (χ0) is 17.8. The van der Waals surface area contributed by atoms with Gasteiger partial charge < -0.3 is 0 Å². The molecule has 2 heterocycles. The minimum atomic E-state index is -0.169. The highest BCUT2D eigenvalue weighted by Gasteiger charge is 2.26. The van der Waals surface area contributed by atoms with Gasteiger partial charge in [0, 0.05) is 25.1 Å². The van der Waals surface area contributed by atoms with Gasteiger partial charge in [0.2, 0.25) is 11.8 Å². The Kier molecular flexibility index (Phi) is 5.33. The highest BCUT2D eigenvalue weighted by Crippen LogP contribution is 2.25. The highest BCUT2D eigenvalue weighted by molar-refractivity contribution is 7.99. The van der Waals surface area contributed by atoms with Gasteiger partial charge in [-0.05, 0) is 19.4 Å². The van der Waals surface area contributed by atoms with Gasteiger partial charge in [-0.3, -0.25) is 19.1 Å². The Morgan fingerprint density at radius 1 is 1.40 bits per heavy atom. The monoisotopic (exact) mass is 356 g/mol. The first kappa shape index (κ1) is 17.4. The Labute approximate surface area is 150 Å². The van der Waals surface area contributed by atoms with Gasteiger partial charge in [0.15, 0.2) is 11.0 Å². The molecule has 0 aliphatic carbocycles. The molecule has 0 saturated carbocycles. The van der Waals surface area contributed by atoms with Crippen molar-refractivity contribution in [2.75, 3.05) is 12.3 Å². The summed E-state index contributed by atoms with van der Waals surface area (Å²) in [5, 5.41) is 9.17. The predicted molar refractivity (Wildman–Crippen MR) is 97.1 cm³/mol. The summed E-state index contributed by atoms with van der Waals surface area (Å²) in [5.74, 6) is 0.668. The third kappa shape index (κ3) is 3.82. The van der Waals surface area contributed by atoms with Crippen LogP contribution in [-0.2, 0) is 16.1 Å². The normalized spacial score (nSPS) is 14.1. The molecule has 3 rings (SSSR count). The van der Waals surface area contributed by atoms with E-state index in [2.05, 4.69) is 16.8 Å². The van der Waals surface area contributed by atoms with E-state index in [0.717, 1.165) is 23.4 Å². The quantitative estimate of drug-likeness (QED) is 0.588. The van der Waals surface area contributed by atoms with E-state index in [1.807, 2.05) is 35.8 Å². The lowest BCUT2D eigenvalue weighted by Crippen LogP contribution is -2.33. The summed E-state index contributed by atoms with van der Waals surface area (Å²) in [4.78, 5) is 25.2. The molecule has 1 aromatic carbocycles. The molecule has 2 aromatic rings. The first-order valence-electron chi connectivity index (χ1n) is 8.17. The number of rotatable bonds is 6. The molecule has 7 heteroatoms. The summed E-state index contributed by atoms with van der Waals surface area (Å²) in [7, 11) is 0. The number of hydrogen-bond donors (Lipinski definition) is 0. The number of aryl methyl sites for hydroxylation is 1. The molecule has 0 bridgehead atoms. The van der Waals surface area contributed by atoms with Gasteiger partial charge >= 0.3 is 0 Å². The second-order valence-electron chi connectivity index (χ2n) is 5.91. The molecule has 1 saturated heterocycles. The Morgan fingerprint density at radius 2 is 2.24 bits per heavy atom. The van der Waals surface area contributed by atoms with Gasteiger partial charge in [-0.25, -0.2) is 0 Å². The number of hydrogen-bond acceptors (Lipinski definition) is 5. The molecule has 0 radical (unpaired) electrons. The van der Waals surface area contributed by atoms with Gasteiger partial charge in [-0.1, -0.05) is 41.6 Å². The Balaban J connectivity index is 1.78. The molecule has 0 atom stereocenters. The van der Waals surface area contributed by atoms with Gasteiger partial charge in [0.1, 0.15) is 0 Å². The van der Waals surface area contributed by atoms with Crippen LogP contribution >= 0.6 is 11.8 Å². The number of benzene rings is 1. The fourth-order valence-electron chi connectivity index (χ4n) is 2.80. The van der Waals surface area contributed by atoms with Crippen LogP contribution in [0.25, 0.3) is 11.4 Å². The number of imide groups is 1. The van der Waals surface area contributed by atoms with Crippen LogP contribution in [0.4, 0.5) is 0 Å². The molecule has 2 amide bonds. The van der Waals surface area contributed by atoms with Crippen molar-refractivity contribution < 1.29 is 9.59 Å². The largest absolute Gasteiger partial charge is 0.298 e. The summed E-state index contributed by atoms with van der Waals surface area (Å²) in [6.07, 6.45) is 2.98. The minimum absolute atomic E-state index is 0.0846. The van der Waals surface area contributed by atoms with Crippen molar-refractivity contribution in [1.29, 1.82) is 0 Å². The Hall–Kier alpha value is -2.41. The van der Waals surface area contributed by atoms with Crippen molar-refractivity contribution in [1.82, 2.24) is 19.7 Å². The van der Waals surface area contributed by atoms with Crippen molar-refractivity contribution in [2.24, 2.45) is 0 Å². The molecule has 0 N–H and O–H groups in total. The Morgan fingerprint density at radius 3 is 2.92 bits per heavy atom. The average Bonchev–Trinajstić information content (AvgIpc) is 3.19. The summed E-state index contributed by atoms with van der Waals surface area (Å²) in [6.45, 7) is 6.89. The van der Waals surface area contributed by atoms with Crippen molar-refractivity contribution in [3.05, 3.63) is 42.5 Å². The van der Waals surface area contributed by atoms with Crippen LogP contribution in [0.15, 0.2) is 42.1 Å². The van der Waals surface area contributed by atoms with Crippen LogP contribution in [-0.4, -0.2) is 43.8 Å². The van der Waals surface area contributed by atoms with E-state index in [1.165, 1.54) is 16.7 Å². The number of carbonyl (C=O) groups is 2. The first-order chi connectivity index (χ1) is 12.1. The maximum atomic E-state index is 12.2. The first-order valence-corrected chi connectivity index (χ1v) is 9.16. The van der Waals surface area contributed by atoms with Crippen molar-refractivity contribution >= 4 is 23.6 Å². The third-order valence-corrected chi connectivity index (χ3v) is 4.96. The Bertz CT molecular complexity index is 815. The number of allylic oxidation sites excluding steroid dienone is 1.